The fourth-order valence-corrected chi connectivity index (χ4v) is 2.70. The van der Waals surface area contributed by atoms with Crippen molar-refractivity contribution in [1.29, 1.82) is 0 Å². The summed E-state index contributed by atoms with van der Waals surface area (Å²) in [5.41, 5.74) is 1.73. The van der Waals surface area contributed by atoms with E-state index in [9.17, 15) is 15.0 Å². The number of fused-ring (bicyclic) bond motifs is 1. The number of hydrogen-bond donors (Lipinski definition) is 3. The molecule has 2 atom stereocenters. The van der Waals surface area contributed by atoms with Crippen LogP contribution < -0.4 is 15.0 Å². The molecule has 0 spiro atoms. The Morgan fingerprint density at radius 3 is 2.78 bits per heavy atom. The Morgan fingerprint density at radius 2 is 2.04 bits per heavy atom. The number of aliphatic hydroxyl groups excluding tert-OH is 2. The van der Waals surface area contributed by atoms with Crippen molar-refractivity contribution in [2.75, 3.05) is 4.90 Å². The van der Waals surface area contributed by atoms with Crippen LogP contribution in [0.1, 0.15) is 18.7 Å². The number of halogens is 1. The Morgan fingerprint density at radius 1 is 1.26 bits per heavy atom. The second-order valence-corrected chi connectivity index (χ2v) is 5.54. The number of carbonyl (C=O) groups excluding carboxylic acids is 1. The van der Waals surface area contributed by atoms with E-state index in [2.05, 4.69) is 5.32 Å². The molecular weight excluding hydrogens is 320 g/mol. The number of nitrogens with zero attached hydrogens (tertiary/aromatic N) is 1. The average Bonchev–Trinajstić information content (AvgIpc) is 2.46. The minimum Gasteiger partial charge on any atom is -0.427 e. The lowest BCUT2D eigenvalue weighted by atomic mass is 10.1. The minimum absolute atomic E-state index is 0.358. The number of esters is 1. The maximum absolute atomic E-state index is 11.1. The second kappa shape index (κ2) is 6.17. The number of nitrogens with one attached hydrogen (secondary N) is 1. The first kappa shape index (κ1) is 15.8. The van der Waals surface area contributed by atoms with E-state index < -0.39 is 18.5 Å². The van der Waals surface area contributed by atoms with Gasteiger partial charge in [-0.2, -0.15) is 0 Å². The summed E-state index contributed by atoms with van der Waals surface area (Å²) >= 11 is 6.05. The molecule has 0 bridgehead atoms. The van der Waals surface area contributed by atoms with E-state index in [4.69, 9.17) is 16.3 Å². The van der Waals surface area contributed by atoms with Gasteiger partial charge in [0.15, 0.2) is 6.35 Å². The van der Waals surface area contributed by atoms with Gasteiger partial charge in [-0.05, 0) is 24.3 Å². The first-order chi connectivity index (χ1) is 11.0. The number of benzene rings is 2. The van der Waals surface area contributed by atoms with Crippen molar-refractivity contribution in [3.63, 3.8) is 0 Å². The summed E-state index contributed by atoms with van der Waals surface area (Å²) in [7, 11) is 0. The molecule has 0 aliphatic carbocycles. The van der Waals surface area contributed by atoms with E-state index >= 15 is 0 Å². The average molecular weight is 335 g/mol. The van der Waals surface area contributed by atoms with Crippen molar-refractivity contribution >= 4 is 28.9 Å². The van der Waals surface area contributed by atoms with Crippen LogP contribution in [0.3, 0.4) is 0 Å². The van der Waals surface area contributed by atoms with E-state index in [1.165, 1.54) is 6.92 Å². The standard InChI is InChI=1S/C16H15ClN2O4/c1-9(20)23-12-4-2-3-11(8-12)19-14-7-10(17)5-6-13(14)15(21)18-16(19)22/h2-8,15-16,18,21-22H,1H3. The fourth-order valence-electron chi connectivity index (χ4n) is 2.54. The van der Waals surface area contributed by atoms with Gasteiger partial charge in [-0.25, -0.2) is 5.32 Å². The maximum Gasteiger partial charge on any atom is 0.308 e. The largest absolute Gasteiger partial charge is 0.427 e. The van der Waals surface area contributed by atoms with Gasteiger partial charge in [0.1, 0.15) is 12.0 Å². The van der Waals surface area contributed by atoms with Crippen LogP contribution in [0.15, 0.2) is 42.5 Å². The van der Waals surface area contributed by atoms with Gasteiger partial charge in [-0.3, -0.25) is 4.79 Å². The molecule has 2 aromatic rings. The van der Waals surface area contributed by atoms with Gasteiger partial charge in [-0.1, -0.05) is 23.7 Å². The molecule has 0 aromatic heterocycles. The Kier molecular flexibility index (Phi) is 4.23. The fraction of sp³-hybridized carbons (Fsp3) is 0.188. The molecule has 1 heterocycles. The highest BCUT2D eigenvalue weighted by Gasteiger charge is 2.31. The molecule has 0 saturated heterocycles. The topological polar surface area (TPSA) is 82.0 Å². The van der Waals surface area contributed by atoms with Crippen LogP contribution in [0, 0.1) is 0 Å². The zero-order valence-electron chi connectivity index (χ0n) is 12.2. The van der Waals surface area contributed by atoms with E-state index in [1.807, 2.05) is 0 Å². The van der Waals surface area contributed by atoms with E-state index in [0.717, 1.165) is 0 Å². The van der Waals surface area contributed by atoms with Gasteiger partial charge < -0.3 is 19.8 Å². The Bertz CT molecular complexity index is 753. The predicted octanol–water partition coefficient (Wildman–Crippen LogP) is 2.27. The van der Waals surface area contributed by atoms with E-state index in [1.54, 1.807) is 47.4 Å². The Balaban J connectivity index is 2.07. The molecule has 0 radical (unpaired) electrons. The van der Waals surface area contributed by atoms with Crippen molar-refractivity contribution < 1.29 is 19.7 Å². The summed E-state index contributed by atoms with van der Waals surface area (Å²) in [6.07, 6.45) is -2.17. The van der Waals surface area contributed by atoms with E-state index in [0.29, 0.717) is 27.7 Å². The second-order valence-electron chi connectivity index (χ2n) is 5.11. The monoisotopic (exact) mass is 334 g/mol. The van der Waals surface area contributed by atoms with Crippen molar-refractivity contribution in [2.24, 2.45) is 0 Å². The number of aliphatic hydroxyl groups is 2. The molecular formula is C16H15ClN2O4. The van der Waals surface area contributed by atoms with Crippen LogP contribution in [0.5, 0.6) is 5.75 Å². The molecule has 0 saturated carbocycles. The summed E-state index contributed by atoms with van der Waals surface area (Å²) in [6.45, 7) is 1.31. The number of hydrogen-bond acceptors (Lipinski definition) is 6. The summed E-state index contributed by atoms with van der Waals surface area (Å²) < 4.78 is 5.07. The quantitative estimate of drug-likeness (QED) is 0.577. The van der Waals surface area contributed by atoms with Gasteiger partial charge in [0.2, 0.25) is 0 Å². The van der Waals surface area contributed by atoms with Crippen LogP contribution in [0.4, 0.5) is 11.4 Å². The smallest absolute Gasteiger partial charge is 0.308 e. The molecule has 0 amide bonds. The molecule has 3 rings (SSSR count). The van der Waals surface area contributed by atoms with Gasteiger partial charge >= 0.3 is 5.97 Å². The third-order valence-electron chi connectivity index (χ3n) is 3.46. The number of ether oxygens (including phenoxy) is 1. The molecule has 120 valence electrons. The highest BCUT2D eigenvalue weighted by Crippen LogP contribution is 2.38. The predicted molar refractivity (Wildman–Crippen MR) is 85.4 cm³/mol. The lowest BCUT2D eigenvalue weighted by Gasteiger charge is -2.38. The van der Waals surface area contributed by atoms with Gasteiger partial charge in [0, 0.05) is 29.3 Å². The van der Waals surface area contributed by atoms with Crippen molar-refractivity contribution in [1.82, 2.24) is 5.32 Å². The first-order valence-corrected chi connectivity index (χ1v) is 7.33. The van der Waals surface area contributed by atoms with Gasteiger partial charge in [-0.15, -0.1) is 0 Å². The summed E-state index contributed by atoms with van der Waals surface area (Å²) in [5, 5.41) is 23.5. The van der Waals surface area contributed by atoms with Crippen molar-refractivity contribution in [3.05, 3.63) is 53.1 Å². The van der Waals surface area contributed by atoms with Crippen LogP contribution in [-0.4, -0.2) is 22.5 Å². The zero-order valence-corrected chi connectivity index (χ0v) is 13.0. The number of anilines is 2. The van der Waals surface area contributed by atoms with Crippen LogP contribution in [0.25, 0.3) is 0 Å². The molecule has 3 N–H and O–H groups in total. The highest BCUT2D eigenvalue weighted by molar-refractivity contribution is 6.30. The normalized spacial score (nSPS) is 20.1. The van der Waals surface area contributed by atoms with Crippen LogP contribution >= 0.6 is 11.6 Å². The van der Waals surface area contributed by atoms with Crippen LogP contribution in [-0.2, 0) is 4.79 Å². The summed E-state index contributed by atoms with van der Waals surface area (Å²) in [5.74, 6) is -0.0739. The molecule has 0 fully saturated rings. The maximum atomic E-state index is 11.1. The first-order valence-electron chi connectivity index (χ1n) is 6.95. The minimum atomic E-state index is -1.16. The third kappa shape index (κ3) is 3.16. The van der Waals surface area contributed by atoms with Crippen LogP contribution in [0.2, 0.25) is 5.02 Å². The number of rotatable bonds is 2. The van der Waals surface area contributed by atoms with Gasteiger partial charge in [0.25, 0.3) is 0 Å². The lowest BCUT2D eigenvalue weighted by molar-refractivity contribution is -0.131. The molecule has 1 aliphatic rings. The summed E-state index contributed by atoms with van der Waals surface area (Å²) in [6, 6.07) is 11.7. The Hall–Kier alpha value is -2.12. The van der Waals surface area contributed by atoms with E-state index in [-0.39, 0.29) is 0 Å². The third-order valence-corrected chi connectivity index (χ3v) is 3.69. The Labute approximate surface area is 137 Å². The molecule has 2 unspecified atom stereocenters. The van der Waals surface area contributed by atoms with Crippen molar-refractivity contribution in [2.45, 2.75) is 19.5 Å². The molecule has 2 aromatic carbocycles. The zero-order chi connectivity index (χ0) is 16.6. The molecule has 23 heavy (non-hydrogen) atoms. The summed E-state index contributed by atoms with van der Waals surface area (Å²) in [4.78, 5) is 12.7. The molecule has 1 aliphatic heterocycles. The van der Waals surface area contributed by atoms with Crippen molar-refractivity contribution in [3.8, 4) is 5.75 Å². The highest BCUT2D eigenvalue weighted by atomic mass is 35.5. The van der Waals surface area contributed by atoms with Gasteiger partial charge in [0.05, 0.1) is 5.69 Å². The molecule has 6 nitrogen and oxygen atoms in total. The molecule has 7 heteroatoms. The number of carbonyl (C=O) groups is 1. The lowest BCUT2D eigenvalue weighted by Crippen LogP contribution is -2.49. The SMILES string of the molecule is CC(=O)Oc1cccc(N2c3cc(Cl)ccc3C(O)NC2O)c1.